The highest BCUT2D eigenvalue weighted by molar-refractivity contribution is 6.43. The standard InChI is InChI=1S/C22H20ClFN4O3/c1-12(11-25)7-8-26-22(31)20(29)18-13(2)19(28-9-3-4-17(18)28)21(30)27-14-5-6-16(24)15(23)10-14/h5-6,10H,1,3-4,7-9H2,2H3,(H,26,31)(H,27,30). The number of hydrogen-bond donors (Lipinski definition) is 2. The number of fused-ring (bicyclic) bond motifs is 1. The van der Waals surface area contributed by atoms with Crippen molar-refractivity contribution in [1.82, 2.24) is 9.88 Å². The molecular formula is C22H20ClFN4O3. The molecule has 0 aliphatic carbocycles. The van der Waals surface area contributed by atoms with Crippen LogP contribution in [0.3, 0.4) is 0 Å². The summed E-state index contributed by atoms with van der Waals surface area (Å²) in [7, 11) is 0. The maximum Gasteiger partial charge on any atom is 0.292 e. The molecule has 2 N–H and O–H groups in total. The molecule has 0 saturated carbocycles. The Hall–Kier alpha value is -3.44. The van der Waals surface area contributed by atoms with Crippen LogP contribution in [0.15, 0.2) is 30.4 Å². The van der Waals surface area contributed by atoms with Gasteiger partial charge in [0.1, 0.15) is 11.5 Å². The van der Waals surface area contributed by atoms with E-state index in [1.54, 1.807) is 11.5 Å². The monoisotopic (exact) mass is 442 g/mol. The van der Waals surface area contributed by atoms with Crippen molar-refractivity contribution in [2.75, 3.05) is 11.9 Å². The molecule has 9 heteroatoms. The van der Waals surface area contributed by atoms with Crippen LogP contribution in [-0.2, 0) is 17.8 Å². The van der Waals surface area contributed by atoms with E-state index in [1.807, 2.05) is 6.07 Å². The number of aromatic nitrogens is 1. The summed E-state index contributed by atoms with van der Waals surface area (Å²) in [5.74, 6) is -2.61. The average Bonchev–Trinajstić information content (AvgIpc) is 3.29. The van der Waals surface area contributed by atoms with Crippen LogP contribution in [0.4, 0.5) is 10.1 Å². The van der Waals surface area contributed by atoms with Crippen LogP contribution in [0.5, 0.6) is 0 Å². The van der Waals surface area contributed by atoms with Crippen LogP contribution in [0, 0.1) is 24.1 Å². The summed E-state index contributed by atoms with van der Waals surface area (Å²) in [6.07, 6.45) is 1.55. The lowest BCUT2D eigenvalue weighted by atomic mass is 10.0. The van der Waals surface area contributed by atoms with E-state index in [0.717, 1.165) is 12.5 Å². The van der Waals surface area contributed by atoms with Crippen molar-refractivity contribution in [2.45, 2.75) is 32.7 Å². The molecule has 2 aromatic rings. The molecule has 160 valence electrons. The Kier molecular flexibility index (Phi) is 6.56. The van der Waals surface area contributed by atoms with Gasteiger partial charge < -0.3 is 15.2 Å². The summed E-state index contributed by atoms with van der Waals surface area (Å²) in [6.45, 7) is 5.81. The minimum Gasteiger partial charge on any atom is -0.349 e. The van der Waals surface area contributed by atoms with Gasteiger partial charge in [-0.2, -0.15) is 5.26 Å². The Balaban J connectivity index is 1.85. The highest BCUT2D eigenvalue weighted by Crippen LogP contribution is 2.30. The van der Waals surface area contributed by atoms with Gasteiger partial charge in [0.25, 0.3) is 17.6 Å². The fraction of sp³-hybridized carbons (Fsp3) is 0.273. The molecule has 1 aromatic heterocycles. The first-order valence-electron chi connectivity index (χ1n) is 9.63. The van der Waals surface area contributed by atoms with Gasteiger partial charge in [-0.15, -0.1) is 0 Å². The van der Waals surface area contributed by atoms with E-state index in [2.05, 4.69) is 17.2 Å². The lowest BCUT2D eigenvalue weighted by Crippen LogP contribution is -2.32. The molecule has 1 aromatic carbocycles. The number of hydrogen-bond acceptors (Lipinski definition) is 4. The summed E-state index contributed by atoms with van der Waals surface area (Å²) in [5.41, 5.74) is 2.16. The van der Waals surface area contributed by atoms with Gasteiger partial charge in [0.2, 0.25) is 0 Å². The highest BCUT2D eigenvalue weighted by Gasteiger charge is 2.33. The molecule has 7 nitrogen and oxygen atoms in total. The van der Waals surface area contributed by atoms with Crippen LogP contribution in [-0.4, -0.2) is 28.7 Å². The Morgan fingerprint density at radius 3 is 2.77 bits per heavy atom. The van der Waals surface area contributed by atoms with E-state index in [0.29, 0.717) is 35.5 Å². The number of nitrogens with one attached hydrogen (secondary N) is 2. The number of ketones is 1. The van der Waals surface area contributed by atoms with E-state index in [-0.39, 0.29) is 29.2 Å². The van der Waals surface area contributed by atoms with Gasteiger partial charge in [0.15, 0.2) is 0 Å². The topological polar surface area (TPSA) is 104 Å². The van der Waals surface area contributed by atoms with E-state index in [1.165, 1.54) is 12.1 Å². The third-order valence-corrected chi connectivity index (χ3v) is 5.40. The lowest BCUT2D eigenvalue weighted by Gasteiger charge is -2.09. The number of rotatable bonds is 7. The zero-order chi connectivity index (χ0) is 22.7. The number of anilines is 1. The van der Waals surface area contributed by atoms with Gasteiger partial charge in [-0.1, -0.05) is 18.2 Å². The van der Waals surface area contributed by atoms with Crippen molar-refractivity contribution >= 4 is 34.9 Å². The summed E-state index contributed by atoms with van der Waals surface area (Å²) >= 11 is 5.78. The fourth-order valence-electron chi connectivity index (χ4n) is 3.65. The largest absolute Gasteiger partial charge is 0.349 e. The van der Waals surface area contributed by atoms with Crippen LogP contribution < -0.4 is 10.6 Å². The molecule has 0 radical (unpaired) electrons. The highest BCUT2D eigenvalue weighted by atomic mass is 35.5. The van der Waals surface area contributed by atoms with E-state index in [4.69, 9.17) is 16.9 Å². The minimum atomic E-state index is -0.800. The molecule has 0 atom stereocenters. The smallest absolute Gasteiger partial charge is 0.292 e. The summed E-state index contributed by atoms with van der Waals surface area (Å²) in [4.78, 5) is 38.2. The molecule has 1 aliphatic rings. The Labute approximate surface area is 183 Å². The molecule has 0 fully saturated rings. The van der Waals surface area contributed by atoms with Crippen molar-refractivity contribution in [3.63, 3.8) is 0 Å². The van der Waals surface area contributed by atoms with Crippen LogP contribution in [0.25, 0.3) is 0 Å². The summed E-state index contributed by atoms with van der Waals surface area (Å²) < 4.78 is 15.1. The first-order valence-corrected chi connectivity index (χ1v) is 10.0. The average molecular weight is 443 g/mol. The van der Waals surface area contributed by atoms with Crippen molar-refractivity contribution < 1.29 is 18.8 Å². The predicted octanol–water partition coefficient (Wildman–Crippen LogP) is 3.56. The third-order valence-electron chi connectivity index (χ3n) is 5.11. The van der Waals surface area contributed by atoms with Gasteiger partial charge in [0.05, 0.1) is 16.7 Å². The van der Waals surface area contributed by atoms with E-state index in [9.17, 15) is 18.8 Å². The zero-order valence-corrected chi connectivity index (χ0v) is 17.6. The second-order valence-electron chi connectivity index (χ2n) is 7.18. The van der Waals surface area contributed by atoms with Gasteiger partial charge >= 0.3 is 0 Å². The van der Waals surface area contributed by atoms with Gasteiger partial charge in [-0.25, -0.2) is 4.39 Å². The second kappa shape index (κ2) is 9.14. The van der Waals surface area contributed by atoms with Gasteiger partial charge in [0, 0.05) is 30.0 Å². The lowest BCUT2D eigenvalue weighted by molar-refractivity contribution is -0.116. The molecule has 0 unspecified atom stereocenters. The van der Waals surface area contributed by atoms with E-state index >= 15 is 0 Å². The molecule has 0 saturated heterocycles. The number of benzene rings is 1. The number of amides is 2. The van der Waals surface area contributed by atoms with Crippen LogP contribution in [0.1, 0.15) is 44.9 Å². The third kappa shape index (κ3) is 4.52. The number of carbonyl (C=O) groups excluding carboxylic acids is 3. The molecule has 3 rings (SSSR count). The molecule has 2 heterocycles. The Morgan fingerprint density at radius 1 is 1.35 bits per heavy atom. The second-order valence-corrected chi connectivity index (χ2v) is 7.59. The molecule has 31 heavy (non-hydrogen) atoms. The van der Waals surface area contributed by atoms with Crippen LogP contribution >= 0.6 is 11.6 Å². The van der Waals surface area contributed by atoms with Crippen molar-refractivity contribution in [2.24, 2.45) is 0 Å². The van der Waals surface area contributed by atoms with E-state index < -0.39 is 23.4 Å². The minimum absolute atomic E-state index is 0.116. The first kappa shape index (κ1) is 22.2. The van der Waals surface area contributed by atoms with Crippen LogP contribution in [0.2, 0.25) is 5.02 Å². The summed E-state index contributed by atoms with van der Waals surface area (Å²) in [5, 5.41) is 13.8. The van der Waals surface area contributed by atoms with Gasteiger partial charge in [-0.3, -0.25) is 14.4 Å². The normalized spacial score (nSPS) is 12.1. The van der Waals surface area contributed by atoms with Crippen molar-refractivity contribution in [1.29, 1.82) is 5.26 Å². The molecular weight excluding hydrogens is 423 g/mol. The van der Waals surface area contributed by atoms with Crippen molar-refractivity contribution in [3.8, 4) is 6.07 Å². The molecule has 0 spiro atoms. The Bertz CT molecular complexity index is 1150. The Morgan fingerprint density at radius 2 is 2.10 bits per heavy atom. The predicted molar refractivity (Wildman–Crippen MR) is 114 cm³/mol. The quantitative estimate of drug-likeness (QED) is 0.388. The van der Waals surface area contributed by atoms with Crippen molar-refractivity contribution in [3.05, 3.63) is 63.7 Å². The molecule has 2 amide bonds. The maximum absolute atomic E-state index is 13.4. The zero-order valence-electron chi connectivity index (χ0n) is 16.8. The van der Waals surface area contributed by atoms with Gasteiger partial charge in [-0.05, 0) is 49.9 Å². The number of carbonyl (C=O) groups is 3. The SMILES string of the molecule is C=C(C#N)CCNC(=O)C(=O)c1c(C)c(C(=O)Nc2ccc(F)c(Cl)c2)n2c1CCC2. The molecule has 0 bridgehead atoms. The number of nitriles is 1. The number of nitrogens with zero attached hydrogens (tertiary/aromatic N) is 2. The first-order chi connectivity index (χ1) is 14.7. The number of halogens is 2. The fourth-order valence-corrected chi connectivity index (χ4v) is 3.83. The molecule has 1 aliphatic heterocycles. The summed E-state index contributed by atoms with van der Waals surface area (Å²) in [6, 6.07) is 5.71. The number of Topliss-reactive ketones (excluding diaryl/α,β-unsaturated/α-hetero) is 1. The maximum atomic E-state index is 13.4.